The van der Waals surface area contributed by atoms with Crippen molar-refractivity contribution < 1.29 is 35.2 Å². The Morgan fingerprint density at radius 3 is 1.75 bits per heavy atom. The first-order chi connectivity index (χ1) is 7.40. The quantitative estimate of drug-likeness (QED) is 0.556. The van der Waals surface area contributed by atoms with Crippen molar-refractivity contribution in [3.63, 3.8) is 0 Å². The predicted molar refractivity (Wildman–Crippen MR) is 49.8 cm³/mol. The molecular formula is C6H12BF3NO4P. The van der Waals surface area contributed by atoms with Gasteiger partial charge in [0.25, 0.3) is 0 Å². The monoisotopic (exact) mass is 261 g/mol. The summed E-state index contributed by atoms with van der Waals surface area (Å²) in [7, 11) is -9.87. The van der Waals surface area contributed by atoms with Gasteiger partial charge in [0.1, 0.15) is 0 Å². The topological polar surface area (TPSA) is 36.9 Å². The third-order valence-electron chi connectivity index (χ3n) is 3.43. The molecule has 5 nitrogen and oxygen atoms in total. The Morgan fingerprint density at radius 1 is 0.938 bits per heavy atom. The van der Waals surface area contributed by atoms with Crippen LogP contribution in [0, 0.1) is 0 Å². The molecule has 0 aromatic rings. The van der Waals surface area contributed by atoms with Gasteiger partial charge in [-0.3, -0.25) is 0 Å². The first-order valence-corrected chi connectivity index (χ1v) is 7.00. The average Bonchev–Trinajstić information content (AvgIpc) is 2.57. The van der Waals surface area contributed by atoms with Crippen LogP contribution in [0.3, 0.4) is 0 Å². The molecule has 3 fully saturated rings. The van der Waals surface area contributed by atoms with Crippen LogP contribution < -0.4 is 0 Å². The second kappa shape index (κ2) is 2.91. The summed E-state index contributed by atoms with van der Waals surface area (Å²) in [6.07, 6.45) is 0. The van der Waals surface area contributed by atoms with E-state index in [1.165, 1.54) is 0 Å². The van der Waals surface area contributed by atoms with Gasteiger partial charge in [0, 0.05) is 0 Å². The summed E-state index contributed by atoms with van der Waals surface area (Å²) in [4.78, 5) is 0. The van der Waals surface area contributed by atoms with Crippen molar-refractivity contribution in [1.29, 1.82) is 0 Å². The number of quaternary nitrogens is 1. The molecule has 0 bridgehead atoms. The number of rotatable bonds is 2. The summed E-state index contributed by atoms with van der Waals surface area (Å²) in [6.45, 7) is 2.02. The van der Waals surface area contributed by atoms with Crippen molar-refractivity contribution in [3.05, 3.63) is 0 Å². The van der Waals surface area contributed by atoms with Crippen LogP contribution in [0.2, 0.25) is 0 Å². The minimum absolute atomic E-state index is 0.0762. The van der Waals surface area contributed by atoms with E-state index in [0.717, 1.165) is 0 Å². The van der Waals surface area contributed by atoms with Gasteiger partial charge >= 0.3 is 89.5 Å². The van der Waals surface area contributed by atoms with Crippen molar-refractivity contribution in [3.8, 4) is 0 Å². The fourth-order valence-corrected chi connectivity index (χ4v) is 6.91. The van der Waals surface area contributed by atoms with Crippen LogP contribution in [0.25, 0.3) is 0 Å². The Balaban J connectivity index is 2.06. The Labute approximate surface area is 90.4 Å². The Morgan fingerprint density at radius 2 is 1.38 bits per heavy atom. The molecule has 3 saturated heterocycles. The van der Waals surface area contributed by atoms with Crippen LogP contribution in [-0.4, -0.2) is 50.9 Å². The van der Waals surface area contributed by atoms with E-state index in [2.05, 4.69) is 4.44 Å². The summed E-state index contributed by atoms with van der Waals surface area (Å²) < 4.78 is 58.0. The summed E-state index contributed by atoms with van der Waals surface area (Å²) >= 11 is 0. The molecule has 3 heterocycles. The van der Waals surface area contributed by atoms with Crippen molar-refractivity contribution in [2.75, 3.05) is 39.5 Å². The van der Waals surface area contributed by atoms with Gasteiger partial charge in [0.05, 0.1) is 0 Å². The SMILES string of the molecule is F[B-](F)(F)OP123OCC[N+]1(CCO2)CCO3. The standard InChI is InChI=1S/C6H12BF3NO4P/c8-7(9,10)15-16-11(1-4-12-16,2-5-13-16)3-6-14-16/h1-6H2. The van der Waals surface area contributed by atoms with Crippen molar-refractivity contribution in [2.45, 2.75) is 0 Å². The van der Waals surface area contributed by atoms with Crippen LogP contribution in [0.5, 0.6) is 0 Å². The molecule has 0 N–H and O–H groups in total. The molecule has 94 valence electrons. The van der Waals surface area contributed by atoms with Gasteiger partial charge < -0.3 is 0 Å². The summed E-state index contributed by atoms with van der Waals surface area (Å²) in [5.41, 5.74) is 0. The predicted octanol–water partition coefficient (Wildman–Crippen LogP) is 1.38. The van der Waals surface area contributed by atoms with Crippen LogP contribution in [0.15, 0.2) is 0 Å². The first-order valence-electron chi connectivity index (χ1n) is 5.14. The maximum atomic E-state index is 12.6. The van der Waals surface area contributed by atoms with Crippen LogP contribution in [0.1, 0.15) is 0 Å². The van der Waals surface area contributed by atoms with E-state index in [9.17, 15) is 12.9 Å². The second-order valence-corrected chi connectivity index (χ2v) is 7.54. The molecule has 0 radical (unpaired) electrons. The molecule has 0 spiro atoms. The molecular weight excluding hydrogens is 249 g/mol. The third kappa shape index (κ3) is 1.14. The Hall–Kier alpha value is 0.0849. The molecule has 0 atom stereocenters. The van der Waals surface area contributed by atoms with Gasteiger partial charge in [-0.2, -0.15) is 0 Å². The van der Waals surface area contributed by atoms with Crippen LogP contribution in [0.4, 0.5) is 12.9 Å². The van der Waals surface area contributed by atoms with Gasteiger partial charge in [0.2, 0.25) is 0 Å². The molecule has 0 aromatic heterocycles. The first kappa shape index (κ1) is 11.2. The van der Waals surface area contributed by atoms with E-state index in [0.29, 0.717) is 19.6 Å². The zero-order valence-electron chi connectivity index (χ0n) is 8.48. The van der Waals surface area contributed by atoms with Gasteiger partial charge in [-0.05, 0) is 0 Å². The molecule has 3 rings (SSSR count). The number of halogens is 3. The normalized spacial score (nSPS) is 42.3. The van der Waals surface area contributed by atoms with Crippen molar-refractivity contribution in [1.82, 2.24) is 0 Å². The molecule has 0 aliphatic carbocycles. The second-order valence-electron chi connectivity index (χ2n) is 4.16. The maximum absolute atomic E-state index is 12.6. The van der Waals surface area contributed by atoms with Gasteiger partial charge in [0.15, 0.2) is 0 Å². The zero-order chi connectivity index (χ0) is 11.5. The van der Waals surface area contributed by atoms with Gasteiger partial charge in [-0.25, -0.2) is 0 Å². The van der Waals surface area contributed by atoms with E-state index in [1.807, 2.05) is 0 Å². The molecule has 0 amide bonds. The third-order valence-corrected chi connectivity index (χ3v) is 7.85. The molecule has 0 unspecified atom stereocenters. The summed E-state index contributed by atoms with van der Waals surface area (Å²) in [5, 5.41) is 0. The molecule has 3 aliphatic heterocycles. The molecule has 16 heavy (non-hydrogen) atoms. The molecule has 10 heteroatoms. The Kier molecular flexibility index (Phi) is 2.03. The zero-order valence-corrected chi connectivity index (χ0v) is 9.38. The van der Waals surface area contributed by atoms with Crippen LogP contribution >= 0.6 is 7.66 Å². The van der Waals surface area contributed by atoms with Gasteiger partial charge in [-0.15, -0.1) is 0 Å². The van der Waals surface area contributed by atoms with Crippen molar-refractivity contribution >= 4 is 14.8 Å². The summed E-state index contributed by atoms with van der Waals surface area (Å²) in [5.74, 6) is 0. The molecule has 3 aliphatic rings. The molecule has 0 aromatic carbocycles. The number of hydrogen-bond donors (Lipinski definition) is 0. The van der Waals surface area contributed by atoms with Gasteiger partial charge in [-0.1, -0.05) is 0 Å². The number of hydrogen-bond acceptors (Lipinski definition) is 4. The fraction of sp³-hybridized carbons (Fsp3) is 1.00. The van der Waals surface area contributed by atoms with E-state index >= 15 is 0 Å². The van der Waals surface area contributed by atoms with E-state index in [4.69, 9.17) is 13.6 Å². The molecule has 0 saturated carbocycles. The minimum atomic E-state index is -5.46. The van der Waals surface area contributed by atoms with Crippen LogP contribution in [-0.2, 0) is 18.0 Å². The average molecular weight is 261 g/mol. The fourth-order valence-electron chi connectivity index (χ4n) is 2.79. The Bertz CT molecular complexity index is 308. The number of nitrogens with zero attached hydrogens (tertiary/aromatic N) is 1. The van der Waals surface area contributed by atoms with E-state index in [-0.39, 0.29) is 24.1 Å². The van der Waals surface area contributed by atoms with Crippen molar-refractivity contribution in [2.24, 2.45) is 0 Å². The van der Waals surface area contributed by atoms with E-state index in [1.54, 1.807) is 0 Å². The van der Waals surface area contributed by atoms with E-state index < -0.39 is 14.8 Å². The summed E-state index contributed by atoms with van der Waals surface area (Å²) in [6, 6.07) is 0.